The molecule has 112 valence electrons. The summed E-state index contributed by atoms with van der Waals surface area (Å²) in [5.41, 5.74) is 0. The van der Waals surface area contributed by atoms with Gasteiger partial charge in [0.05, 0.1) is 4.90 Å². The number of hydrogen-bond donors (Lipinski definition) is 0. The molecule has 2 heterocycles. The van der Waals surface area contributed by atoms with Crippen LogP contribution in [0.1, 0.15) is 23.6 Å². The number of halogens is 1. The molecule has 0 unspecified atom stereocenters. The van der Waals surface area contributed by atoms with Gasteiger partial charge in [-0.15, -0.1) is 11.3 Å². The van der Waals surface area contributed by atoms with E-state index in [1.165, 1.54) is 4.88 Å². The van der Waals surface area contributed by atoms with Crippen molar-refractivity contribution in [1.29, 1.82) is 0 Å². The van der Waals surface area contributed by atoms with E-state index in [2.05, 4.69) is 33.4 Å². The predicted molar refractivity (Wildman–Crippen MR) is 89.2 cm³/mol. The summed E-state index contributed by atoms with van der Waals surface area (Å²) in [6, 6.07) is 11.1. The summed E-state index contributed by atoms with van der Waals surface area (Å²) in [7, 11) is -3.36. The van der Waals surface area contributed by atoms with Crippen LogP contribution in [-0.2, 0) is 10.0 Å². The van der Waals surface area contributed by atoms with Crippen molar-refractivity contribution in [3.8, 4) is 0 Å². The summed E-state index contributed by atoms with van der Waals surface area (Å²) in [4.78, 5) is 1.75. The summed E-state index contributed by atoms with van der Waals surface area (Å²) in [6.07, 6.45) is 1.80. The van der Waals surface area contributed by atoms with Crippen molar-refractivity contribution in [2.24, 2.45) is 0 Å². The predicted octanol–water partition coefficient (Wildman–Crippen LogP) is 4.08. The molecule has 0 aliphatic carbocycles. The zero-order valence-electron chi connectivity index (χ0n) is 11.4. The van der Waals surface area contributed by atoms with E-state index >= 15 is 0 Å². The number of hydrogen-bond acceptors (Lipinski definition) is 3. The van der Waals surface area contributed by atoms with Crippen molar-refractivity contribution >= 4 is 37.3 Å². The minimum absolute atomic E-state index is 0.375. The molecule has 1 aliphatic rings. The number of rotatable bonds is 3. The Kier molecular flexibility index (Phi) is 4.49. The third-order valence-electron chi connectivity index (χ3n) is 3.85. The first-order valence-electron chi connectivity index (χ1n) is 6.86. The Bertz CT molecular complexity index is 688. The highest BCUT2D eigenvalue weighted by Gasteiger charge is 2.30. The lowest BCUT2D eigenvalue weighted by atomic mass is 9.97. The zero-order valence-corrected chi connectivity index (χ0v) is 14.6. The van der Waals surface area contributed by atoms with E-state index < -0.39 is 10.0 Å². The fourth-order valence-corrected chi connectivity index (χ4v) is 5.29. The molecule has 21 heavy (non-hydrogen) atoms. The van der Waals surface area contributed by atoms with Gasteiger partial charge in [-0.1, -0.05) is 22.0 Å². The summed E-state index contributed by atoms with van der Waals surface area (Å²) in [5, 5.41) is 2.08. The fourth-order valence-electron chi connectivity index (χ4n) is 2.66. The molecule has 3 nitrogen and oxygen atoms in total. The third-order valence-corrected chi connectivity index (χ3v) is 7.33. The smallest absolute Gasteiger partial charge is 0.207 e. The Labute approximate surface area is 137 Å². The highest BCUT2D eigenvalue weighted by molar-refractivity contribution is 9.10. The van der Waals surface area contributed by atoms with Crippen molar-refractivity contribution in [3.05, 3.63) is 51.1 Å². The van der Waals surface area contributed by atoms with Gasteiger partial charge in [0, 0.05) is 22.4 Å². The molecular weight excluding hydrogens is 370 g/mol. The number of nitrogens with zero attached hydrogens (tertiary/aromatic N) is 1. The molecule has 0 bridgehead atoms. The second kappa shape index (κ2) is 6.20. The van der Waals surface area contributed by atoms with E-state index in [0.29, 0.717) is 23.9 Å². The Morgan fingerprint density at radius 3 is 2.33 bits per heavy atom. The van der Waals surface area contributed by atoms with Crippen LogP contribution in [0.2, 0.25) is 0 Å². The second-order valence-electron chi connectivity index (χ2n) is 5.15. The molecule has 0 radical (unpaired) electrons. The molecule has 2 aromatic rings. The van der Waals surface area contributed by atoms with Crippen LogP contribution in [0.3, 0.4) is 0 Å². The number of thiophene rings is 1. The Morgan fingerprint density at radius 1 is 1.10 bits per heavy atom. The quantitative estimate of drug-likeness (QED) is 0.797. The highest BCUT2D eigenvalue weighted by Crippen LogP contribution is 2.33. The largest absolute Gasteiger partial charge is 0.243 e. The average Bonchev–Trinajstić information content (AvgIpc) is 3.02. The number of sulfonamides is 1. The molecule has 6 heteroatoms. The van der Waals surface area contributed by atoms with Crippen LogP contribution in [0.15, 0.2) is 51.1 Å². The van der Waals surface area contributed by atoms with Crippen LogP contribution >= 0.6 is 27.3 Å². The van der Waals surface area contributed by atoms with Gasteiger partial charge in [-0.2, -0.15) is 4.31 Å². The molecule has 1 aromatic heterocycles. The molecule has 3 rings (SSSR count). The van der Waals surface area contributed by atoms with E-state index in [1.54, 1.807) is 39.9 Å². The van der Waals surface area contributed by atoms with Crippen LogP contribution in [0.4, 0.5) is 0 Å². The van der Waals surface area contributed by atoms with Gasteiger partial charge in [-0.05, 0) is 54.5 Å². The van der Waals surface area contributed by atoms with Crippen LogP contribution in [-0.4, -0.2) is 25.8 Å². The summed E-state index contributed by atoms with van der Waals surface area (Å²) < 4.78 is 27.7. The molecule has 1 aliphatic heterocycles. The van der Waals surface area contributed by atoms with Gasteiger partial charge in [0.25, 0.3) is 0 Å². The first kappa shape index (κ1) is 15.2. The van der Waals surface area contributed by atoms with Crippen molar-refractivity contribution in [2.45, 2.75) is 23.7 Å². The summed E-state index contributed by atoms with van der Waals surface area (Å²) in [5.74, 6) is 0.501. The van der Waals surface area contributed by atoms with E-state index in [1.807, 2.05) is 0 Å². The first-order valence-corrected chi connectivity index (χ1v) is 9.98. The minimum Gasteiger partial charge on any atom is -0.207 e. The van der Waals surface area contributed by atoms with Gasteiger partial charge in [0.15, 0.2) is 0 Å². The second-order valence-corrected chi connectivity index (χ2v) is 8.98. The Hall–Kier alpha value is -0.690. The van der Waals surface area contributed by atoms with E-state index in [0.717, 1.165) is 17.3 Å². The van der Waals surface area contributed by atoms with Gasteiger partial charge in [0.2, 0.25) is 10.0 Å². The summed E-state index contributed by atoms with van der Waals surface area (Å²) in [6.45, 7) is 1.20. The topological polar surface area (TPSA) is 37.4 Å². The maximum absolute atomic E-state index is 12.6. The van der Waals surface area contributed by atoms with Gasteiger partial charge in [-0.3, -0.25) is 0 Å². The Balaban J connectivity index is 1.72. The van der Waals surface area contributed by atoms with Gasteiger partial charge in [-0.25, -0.2) is 8.42 Å². The maximum atomic E-state index is 12.6. The molecule has 0 saturated carbocycles. The number of benzene rings is 1. The average molecular weight is 386 g/mol. The molecule has 0 N–H and O–H groups in total. The van der Waals surface area contributed by atoms with Crippen molar-refractivity contribution in [1.82, 2.24) is 4.31 Å². The SMILES string of the molecule is O=S(=O)(c1ccc(Br)cc1)N1CCC(c2cccs2)CC1. The molecule has 1 aromatic carbocycles. The maximum Gasteiger partial charge on any atom is 0.243 e. The van der Waals surface area contributed by atoms with Crippen LogP contribution in [0.25, 0.3) is 0 Å². The molecule has 1 fully saturated rings. The van der Waals surface area contributed by atoms with Crippen LogP contribution < -0.4 is 0 Å². The number of piperidine rings is 1. The molecular formula is C15H16BrNO2S2. The normalized spacial score (nSPS) is 18.0. The zero-order chi connectivity index (χ0) is 14.9. The van der Waals surface area contributed by atoms with Crippen molar-refractivity contribution in [2.75, 3.05) is 13.1 Å². The molecule has 1 saturated heterocycles. The van der Waals surface area contributed by atoms with Gasteiger partial charge >= 0.3 is 0 Å². The lowest BCUT2D eigenvalue weighted by molar-refractivity contribution is 0.321. The fraction of sp³-hybridized carbons (Fsp3) is 0.333. The highest BCUT2D eigenvalue weighted by atomic mass is 79.9. The lowest BCUT2D eigenvalue weighted by Gasteiger charge is -2.30. The Morgan fingerprint density at radius 2 is 1.76 bits per heavy atom. The molecule has 0 spiro atoms. The van der Waals surface area contributed by atoms with Crippen LogP contribution in [0.5, 0.6) is 0 Å². The lowest BCUT2D eigenvalue weighted by Crippen LogP contribution is -2.37. The monoisotopic (exact) mass is 385 g/mol. The molecule has 0 atom stereocenters. The van der Waals surface area contributed by atoms with Gasteiger partial charge in [0.1, 0.15) is 0 Å². The first-order chi connectivity index (χ1) is 10.1. The van der Waals surface area contributed by atoms with Gasteiger partial charge < -0.3 is 0 Å². The van der Waals surface area contributed by atoms with E-state index in [-0.39, 0.29) is 0 Å². The molecule has 0 amide bonds. The van der Waals surface area contributed by atoms with E-state index in [4.69, 9.17) is 0 Å². The third kappa shape index (κ3) is 3.23. The van der Waals surface area contributed by atoms with E-state index in [9.17, 15) is 8.42 Å². The van der Waals surface area contributed by atoms with Crippen molar-refractivity contribution < 1.29 is 8.42 Å². The summed E-state index contributed by atoms with van der Waals surface area (Å²) >= 11 is 5.09. The van der Waals surface area contributed by atoms with Crippen LogP contribution in [0, 0.1) is 0 Å². The van der Waals surface area contributed by atoms with Crippen molar-refractivity contribution in [3.63, 3.8) is 0 Å². The minimum atomic E-state index is -3.36. The standard InChI is InChI=1S/C15H16BrNO2S2/c16-13-3-5-14(6-4-13)21(18,19)17-9-7-12(8-10-17)15-2-1-11-20-15/h1-6,11-12H,7-10H2.